The van der Waals surface area contributed by atoms with Crippen molar-refractivity contribution in [1.29, 1.82) is 0 Å². The number of hydrogen-bond acceptors (Lipinski definition) is 2. The summed E-state index contributed by atoms with van der Waals surface area (Å²) >= 11 is 0. The van der Waals surface area contributed by atoms with E-state index in [9.17, 15) is 4.79 Å². The van der Waals surface area contributed by atoms with Crippen molar-refractivity contribution in [3.63, 3.8) is 0 Å². The molecule has 0 aliphatic carbocycles. The fraction of sp³-hybridized carbons (Fsp3) is 0.217. The van der Waals surface area contributed by atoms with Gasteiger partial charge in [0.15, 0.2) is 6.54 Å². The molecule has 1 amide bonds. The molecule has 3 N–H and O–H groups in total. The maximum atomic E-state index is 12.4. The van der Waals surface area contributed by atoms with Crippen molar-refractivity contribution < 1.29 is 14.7 Å². The third-order valence-electron chi connectivity index (χ3n) is 5.19. The number of pyridine rings is 1. The molecule has 1 aromatic heterocycles. The Bertz CT molecular complexity index is 889. The van der Waals surface area contributed by atoms with Gasteiger partial charge in [0.1, 0.15) is 26.2 Å². The molecule has 0 atom stereocenters. The Morgan fingerprint density at radius 2 is 1.57 bits per heavy atom. The van der Waals surface area contributed by atoms with Crippen LogP contribution in [-0.2, 0) is 4.79 Å². The molecule has 5 nitrogen and oxygen atoms in total. The molecule has 0 saturated carbocycles. The number of piperazine rings is 1. The molecular weight excluding hydrogens is 348 g/mol. The maximum absolute atomic E-state index is 12.4. The van der Waals surface area contributed by atoms with Crippen molar-refractivity contribution >= 4 is 17.4 Å². The fourth-order valence-corrected chi connectivity index (χ4v) is 3.63. The summed E-state index contributed by atoms with van der Waals surface area (Å²) in [5.74, 6) is 1.21. The third kappa shape index (κ3) is 4.56. The zero-order valence-corrected chi connectivity index (χ0v) is 15.9. The van der Waals surface area contributed by atoms with Crippen LogP contribution in [0.3, 0.4) is 0 Å². The SMILES string of the molecule is O=C(C[NH+]1CCN(c2cccc[nH+]2)CC1)Nc1ccc(-c2ccccc2)cc1. The quantitative estimate of drug-likeness (QED) is 0.711. The Hall–Kier alpha value is -3.18. The molecule has 1 fully saturated rings. The lowest BCUT2D eigenvalue weighted by molar-refractivity contribution is -0.892. The van der Waals surface area contributed by atoms with Crippen LogP contribution in [-0.4, -0.2) is 38.6 Å². The van der Waals surface area contributed by atoms with E-state index in [0.29, 0.717) is 6.54 Å². The highest BCUT2D eigenvalue weighted by Gasteiger charge is 2.27. The molecule has 28 heavy (non-hydrogen) atoms. The molecule has 0 radical (unpaired) electrons. The van der Waals surface area contributed by atoms with E-state index in [4.69, 9.17) is 0 Å². The van der Waals surface area contributed by atoms with Crippen molar-refractivity contribution in [3.05, 3.63) is 79.0 Å². The second-order valence-electron chi connectivity index (χ2n) is 7.15. The van der Waals surface area contributed by atoms with E-state index in [2.05, 4.69) is 33.4 Å². The highest BCUT2D eigenvalue weighted by atomic mass is 16.2. The van der Waals surface area contributed by atoms with E-state index in [1.54, 1.807) is 0 Å². The number of nitrogens with one attached hydrogen (secondary N) is 3. The Morgan fingerprint density at radius 1 is 0.893 bits per heavy atom. The molecule has 3 aromatic rings. The number of anilines is 2. The number of aromatic nitrogens is 1. The Morgan fingerprint density at radius 3 is 2.25 bits per heavy atom. The summed E-state index contributed by atoms with van der Waals surface area (Å²) in [4.78, 5) is 19.4. The number of H-pyrrole nitrogens is 1. The van der Waals surface area contributed by atoms with Crippen LogP contribution in [0, 0.1) is 0 Å². The zero-order chi connectivity index (χ0) is 19.2. The van der Waals surface area contributed by atoms with E-state index < -0.39 is 0 Å². The highest BCUT2D eigenvalue weighted by Crippen LogP contribution is 2.20. The lowest BCUT2D eigenvalue weighted by Gasteiger charge is -2.27. The smallest absolute Gasteiger partial charge is 0.279 e. The number of benzene rings is 2. The summed E-state index contributed by atoms with van der Waals surface area (Å²) in [5, 5.41) is 3.03. The molecule has 1 aliphatic heterocycles. The van der Waals surface area contributed by atoms with E-state index >= 15 is 0 Å². The van der Waals surface area contributed by atoms with Crippen LogP contribution in [0.15, 0.2) is 79.0 Å². The second-order valence-corrected chi connectivity index (χ2v) is 7.15. The van der Waals surface area contributed by atoms with E-state index in [-0.39, 0.29) is 5.91 Å². The number of nitrogens with zero attached hydrogens (tertiary/aromatic N) is 1. The van der Waals surface area contributed by atoms with Crippen LogP contribution >= 0.6 is 0 Å². The first-order chi connectivity index (χ1) is 13.8. The fourth-order valence-electron chi connectivity index (χ4n) is 3.63. The van der Waals surface area contributed by atoms with Crippen molar-refractivity contribution in [2.45, 2.75) is 0 Å². The minimum Gasteiger partial charge on any atom is -0.321 e. The molecule has 2 heterocycles. The Labute approximate surface area is 165 Å². The van der Waals surface area contributed by atoms with E-state index in [0.717, 1.165) is 43.2 Å². The number of hydrogen-bond donors (Lipinski definition) is 2. The van der Waals surface area contributed by atoms with Gasteiger partial charge in [0.25, 0.3) is 11.7 Å². The molecule has 0 spiro atoms. The van der Waals surface area contributed by atoms with Gasteiger partial charge in [-0.15, -0.1) is 0 Å². The monoisotopic (exact) mass is 374 g/mol. The number of rotatable bonds is 5. The van der Waals surface area contributed by atoms with Crippen LogP contribution in [0.25, 0.3) is 11.1 Å². The minimum atomic E-state index is 0.0715. The molecule has 0 unspecified atom stereocenters. The Balaban J connectivity index is 1.27. The second kappa shape index (κ2) is 8.67. The van der Waals surface area contributed by atoms with Gasteiger partial charge >= 0.3 is 0 Å². The summed E-state index contributed by atoms with van der Waals surface area (Å²) in [6, 6.07) is 24.4. The zero-order valence-electron chi connectivity index (χ0n) is 15.9. The van der Waals surface area contributed by atoms with Crippen molar-refractivity contribution in [1.82, 2.24) is 0 Å². The summed E-state index contributed by atoms with van der Waals surface area (Å²) in [6.45, 7) is 4.34. The number of carbonyl (C=O) groups excluding carboxylic acids is 1. The van der Waals surface area contributed by atoms with Crippen LogP contribution in [0.5, 0.6) is 0 Å². The first-order valence-electron chi connectivity index (χ1n) is 9.78. The first-order valence-corrected chi connectivity index (χ1v) is 9.78. The van der Waals surface area contributed by atoms with Crippen LogP contribution in [0.2, 0.25) is 0 Å². The standard InChI is InChI=1S/C23H24N4O/c28-23(18-26-14-16-27(17-15-26)22-8-4-5-13-24-22)25-21-11-9-20(10-12-21)19-6-2-1-3-7-19/h1-13H,14-18H2,(H,25,28)/p+2. The van der Waals surface area contributed by atoms with Crippen LogP contribution in [0.4, 0.5) is 11.5 Å². The van der Waals surface area contributed by atoms with E-state index in [1.165, 1.54) is 10.5 Å². The van der Waals surface area contributed by atoms with Gasteiger partial charge in [-0.25, -0.2) is 4.98 Å². The van der Waals surface area contributed by atoms with E-state index in [1.807, 2.05) is 60.8 Å². The van der Waals surface area contributed by atoms with Gasteiger partial charge in [0, 0.05) is 11.8 Å². The molecule has 4 rings (SSSR count). The molecule has 5 heteroatoms. The number of amides is 1. The predicted octanol–water partition coefficient (Wildman–Crippen LogP) is 1.51. The lowest BCUT2D eigenvalue weighted by atomic mass is 10.1. The average Bonchev–Trinajstić information content (AvgIpc) is 2.76. The molecule has 142 valence electrons. The topological polar surface area (TPSA) is 50.9 Å². The van der Waals surface area contributed by atoms with Gasteiger partial charge in [-0.05, 0) is 29.3 Å². The molecule has 2 aromatic carbocycles. The summed E-state index contributed by atoms with van der Waals surface area (Å²) in [5.41, 5.74) is 3.18. The van der Waals surface area contributed by atoms with Crippen molar-refractivity contribution in [2.24, 2.45) is 0 Å². The Kier molecular flexibility index (Phi) is 5.64. The number of carbonyl (C=O) groups is 1. The minimum absolute atomic E-state index is 0.0715. The van der Waals surface area contributed by atoms with Gasteiger partial charge in [-0.1, -0.05) is 48.5 Å². The summed E-state index contributed by atoms with van der Waals surface area (Å²) < 4.78 is 0. The van der Waals surface area contributed by atoms with Gasteiger partial charge < -0.3 is 10.2 Å². The summed E-state index contributed by atoms with van der Waals surface area (Å²) in [7, 11) is 0. The van der Waals surface area contributed by atoms with Crippen LogP contribution < -0.4 is 20.1 Å². The van der Waals surface area contributed by atoms with Gasteiger partial charge in [0.2, 0.25) is 0 Å². The van der Waals surface area contributed by atoms with Gasteiger partial charge in [0.05, 0.1) is 6.20 Å². The highest BCUT2D eigenvalue weighted by molar-refractivity contribution is 5.91. The van der Waals surface area contributed by atoms with Gasteiger partial charge in [-0.2, -0.15) is 0 Å². The van der Waals surface area contributed by atoms with Crippen molar-refractivity contribution in [3.8, 4) is 11.1 Å². The normalized spacial score (nSPS) is 14.6. The largest absolute Gasteiger partial charge is 0.321 e. The van der Waals surface area contributed by atoms with Crippen LogP contribution in [0.1, 0.15) is 0 Å². The number of quaternary nitrogens is 1. The third-order valence-corrected chi connectivity index (χ3v) is 5.19. The summed E-state index contributed by atoms with van der Waals surface area (Å²) in [6.07, 6.45) is 1.95. The lowest BCUT2D eigenvalue weighted by Crippen LogP contribution is -3.15. The van der Waals surface area contributed by atoms with Gasteiger partial charge in [-0.3, -0.25) is 9.69 Å². The van der Waals surface area contributed by atoms with Crippen molar-refractivity contribution in [2.75, 3.05) is 42.9 Å². The molecule has 1 aliphatic rings. The molecular formula is C23H26N4O+2. The average molecular weight is 374 g/mol. The molecule has 1 saturated heterocycles. The first kappa shape index (κ1) is 18.2. The molecule has 0 bridgehead atoms. The number of aromatic amines is 1. The maximum Gasteiger partial charge on any atom is 0.279 e. The predicted molar refractivity (Wildman–Crippen MR) is 111 cm³/mol.